The van der Waals surface area contributed by atoms with Crippen molar-refractivity contribution in [2.75, 3.05) is 20.1 Å². The van der Waals surface area contributed by atoms with Crippen LogP contribution in [0.2, 0.25) is 0 Å². The zero-order chi connectivity index (χ0) is 21.3. The van der Waals surface area contributed by atoms with Gasteiger partial charge >= 0.3 is 0 Å². The van der Waals surface area contributed by atoms with Crippen molar-refractivity contribution >= 4 is 29.9 Å². The number of nitrogens with zero attached hydrogens (tertiary/aromatic N) is 5. The molecular weight excluding hydrogens is 505 g/mol. The van der Waals surface area contributed by atoms with Gasteiger partial charge < -0.3 is 15.2 Å². The minimum atomic E-state index is 0. The lowest BCUT2D eigenvalue weighted by molar-refractivity contribution is 0.423. The molecule has 31 heavy (non-hydrogen) atoms. The number of hydrogen-bond acceptors (Lipinski definition) is 5. The van der Waals surface area contributed by atoms with Gasteiger partial charge in [-0.05, 0) is 50.5 Å². The third-order valence-electron chi connectivity index (χ3n) is 4.86. The summed E-state index contributed by atoms with van der Waals surface area (Å²) in [6.07, 6.45) is 2.65. The summed E-state index contributed by atoms with van der Waals surface area (Å²) in [6, 6.07) is 10.3. The van der Waals surface area contributed by atoms with E-state index in [-0.39, 0.29) is 24.0 Å². The van der Waals surface area contributed by atoms with Crippen LogP contribution in [0, 0.1) is 13.8 Å². The van der Waals surface area contributed by atoms with Crippen molar-refractivity contribution in [2.24, 2.45) is 4.99 Å². The molecule has 0 bridgehead atoms. The molecule has 0 aliphatic heterocycles. The molecular formula is C22H32IN7O. The molecule has 0 aliphatic rings. The Morgan fingerprint density at radius 3 is 2.48 bits per heavy atom. The minimum absolute atomic E-state index is 0. The summed E-state index contributed by atoms with van der Waals surface area (Å²) in [5.74, 6) is 2.12. The molecule has 0 saturated carbocycles. The standard InChI is InChI=1S/C22H31N7O.HI/c1-5-20-26-21(30-28-20)19-9-7-18(8-10-19)11-13-25-22(23-4)24-12-6-14-29-17(3)15-16(2)27-29;/h7-10,15H,5-6,11-14H2,1-4H3,(H2,23,24,25);1H. The fourth-order valence-electron chi connectivity index (χ4n) is 3.21. The van der Waals surface area contributed by atoms with E-state index in [1.165, 1.54) is 11.3 Å². The van der Waals surface area contributed by atoms with Crippen LogP contribution in [0.25, 0.3) is 11.5 Å². The summed E-state index contributed by atoms with van der Waals surface area (Å²) in [6.45, 7) is 8.66. The predicted molar refractivity (Wildman–Crippen MR) is 134 cm³/mol. The van der Waals surface area contributed by atoms with Gasteiger partial charge in [0.1, 0.15) is 0 Å². The molecule has 0 unspecified atom stereocenters. The third kappa shape index (κ3) is 7.34. The molecule has 2 N–H and O–H groups in total. The highest BCUT2D eigenvalue weighted by Crippen LogP contribution is 2.18. The molecule has 9 heteroatoms. The molecule has 0 amide bonds. The van der Waals surface area contributed by atoms with Crippen LogP contribution in [0.15, 0.2) is 39.8 Å². The lowest BCUT2D eigenvalue weighted by Gasteiger charge is -2.12. The van der Waals surface area contributed by atoms with Crippen molar-refractivity contribution in [3.05, 3.63) is 53.1 Å². The van der Waals surface area contributed by atoms with Crippen LogP contribution in [0.4, 0.5) is 0 Å². The van der Waals surface area contributed by atoms with E-state index >= 15 is 0 Å². The molecule has 3 aromatic rings. The second-order valence-electron chi connectivity index (χ2n) is 7.25. The topological polar surface area (TPSA) is 93.2 Å². The van der Waals surface area contributed by atoms with E-state index in [1.807, 2.05) is 30.7 Å². The molecule has 0 aliphatic carbocycles. The van der Waals surface area contributed by atoms with Crippen molar-refractivity contribution in [1.82, 2.24) is 30.6 Å². The van der Waals surface area contributed by atoms with Gasteiger partial charge in [0.05, 0.1) is 5.69 Å². The lowest BCUT2D eigenvalue weighted by atomic mass is 10.1. The quantitative estimate of drug-likeness (QED) is 0.188. The Bertz CT molecular complexity index is 963. The van der Waals surface area contributed by atoms with Gasteiger partial charge in [-0.2, -0.15) is 10.1 Å². The molecule has 0 saturated heterocycles. The van der Waals surface area contributed by atoms with Crippen LogP contribution in [-0.4, -0.2) is 46.0 Å². The van der Waals surface area contributed by atoms with E-state index in [0.29, 0.717) is 5.89 Å². The van der Waals surface area contributed by atoms with E-state index in [2.05, 4.69) is 56.0 Å². The summed E-state index contributed by atoms with van der Waals surface area (Å²) in [5.41, 5.74) is 4.44. The van der Waals surface area contributed by atoms with Crippen molar-refractivity contribution < 1.29 is 4.52 Å². The molecule has 8 nitrogen and oxygen atoms in total. The lowest BCUT2D eigenvalue weighted by Crippen LogP contribution is -2.39. The highest BCUT2D eigenvalue weighted by Gasteiger charge is 2.07. The van der Waals surface area contributed by atoms with Crippen LogP contribution in [0.1, 0.15) is 36.1 Å². The molecule has 0 spiro atoms. The first-order valence-corrected chi connectivity index (χ1v) is 10.5. The largest absolute Gasteiger partial charge is 0.356 e. The Labute approximate surface area is 200 Å². The van der Waals surface area contributed by atoms with Gasteiger partial charge in [0, 0.05) is 44.4 Å². The number of rotatable bonds is 9. The maximum absolute atomic E-state index is 5.29. The smallest absolute Gasteiger partial charge is 0.257 e. The van der Waals surface area contributed by atoms with Gasteiger partial charge in [-0.1, -0.05) is 24.2 Å². The first-order valence-electron chi connectivity index (χ1n) is 10.5. The van der Waals surface area contributed by atoms with E-state index in [4.69, 9.17) is 4.52 Å². The second kappa shape index (κ2) is 12.4. The molecule has 3 rings (SSSR count). The molecule has 168 valence electrons. The summed E-state index contributed by atoms with van der Waals surface area (Å²) in [7, 11) is 1.79. The highest BCUT2D eigenvalue weighted by molar-refractivity contribution is 14.0. The molecule has 0 atom stereocenters. The van der Waals surface area contributed by atoms with Crippen molar-refractivity contribution in [3.63, 3.8) is 0 Å². The Morgan fingerprint density at radius 1 is 1.13 bits per heavy atom. The summed E-state index contributed by atoms with van der Waals surface area (Å²) in [4.78, 5) is 8.66. The fraction of sp³-hybridized carbons (Fsp3) is 0.455. The Hall–Kier alpha value is -2.43. The fourth-order valence-corrected chi connectivity index (χ4v) is 3.21. The zero-order valence-corrected chi connectivity index (χ0v) is 21.0. The first-order chi connectivity index (χ1) is 14.6. The average molecular weight is 537 g/mol. The van der Waals surface area contributed by atoms with Gasteiger partial charge in [-0.3, -0.25) is 9.67 Å². The monoisotopic (exact) mass is 537 g/mol. The predicted octanol–water partition coefficient (Wildman–Crippen LogP) is 3.53. The van der Waals surface area contributed by atoms with Crippen LogP contribution in [-0.2, 0) is 19.4 Å². The first kappa shape index (κ1) is 24.8. The molecule has 1 aromatic carbocycles. The van der Waals surface area contributed by atoms with Gasteiger partial charge in [0.15, 0.2) is 11.8 Å². The van der Waals surface area contributed by atoms with Gasteiger partial charge in [-0.25, -0.2) is 0 Å². The number of halogens is 1. The van der Waals surface area contributed by atoms with Gasteiger partial charge in [0.25, 0.3) is 5.89 Å². The number of hydrogen-bond donors (Lipinski definition) is 2. The Morgan fingerprint density at radius 2 is 1.87 bits per heavy atom. The maximum atomic E-state index is 5.29. The van der Waals surface area contributed by atoms with Crippen molar-refractivity contribution in [3.8, 4) is 11.5 Å². The molecule has 2 aromatic heterocycles. The molecule has 0 fully saturated rings. The number of aryl methyl sites for hydroxylation is 4. The summed E-state index contributed by atoms with van der Waals surface area (Å²) in [5, 5.41) is 15.2. The molecule has 0 radical (unpaired) electrons. The summed E-state index contributed by atoms with van der Waals surface area (Å²) < 4.78 is 7.34. The van der Waals surface area contributed by atoms with E-state index < -0.39 is 0 Å². The minimum Gasteiger partial charge on any atom is -0.356 e. The number of guanidine groups is 1. The van der Waals surface area contributed by atoms with E-state index in [0.717, 1.165) is 61.9 Å². The number of nitrogens with one attached hydrogen (secondary N) is 2. The number of benzene rings is 1. The third-order valence-corrected chi connectivity index (χ3v) is 4.86. The normalized spacial score (nSPS) is 11.3. The number of aliphatic imine (C=N–C) groups is 1. The average Bonchev–Trinajstić information content (AvgIpc) is 3.36. The van der Waals surface area contributed by atoms with Crippen LogP contribution >= 0.6 is 24.0 Å². The van der Waals surface area contributed by atoms with Crippen LogP contribution < -0.4 is 10.6 Å². The molecule has 2 heterocycles. The summed E-state index contributed by atoms with van der Waals surface area (Å²) >= 11 is 0. The van der Waals surface area contributed by atoms with Gasteiger partial charge in [-0.15, -0.1) is 24.0 Å². The highest BCUT2D eigenvalue weighted by atomic mass is 127. The Kier molecular flexibility index (Phi) is 9.96. The van der Waals surface area contributed by atoms with Gasteiger partial charge in [0.2, 0.25) is 0 Å². The van der Waals surface area contributed by atoms with Crippen molar-refractivity contribution in [2.45, 2.75) is 46.6 Å². The van der Waals surface area contributed by atoms with E-state index in [1.54, 1.807) is 7.05 Å². The van der Waals surface area contributed by atoms with E-state index in [9.17, 15) is 0 Å². The van der Waals surface area contributed by atoms with Crippen molar-refractivity contribution in [1.29, 1.82) is 0 Å². The SMILES string of the molecule is CCc1noc(-c2ccc(CCNC(=NC)NCCCn3nc(C)cc3C)cc2)n1.I. The van der Waals surface area contributed by atoms with Crippen LogP contribution in [0.5, 0.6) is 0 Å². The maximum Gasteiger partial charge on any atom is 0.257 e. The Balaban J connectivity index is 0.00000341. The van der Waals surface area contributed by atoms with Crippen LogP contribution in [0.3, 0.4) is 0 Å². The second-order valence-corrected chi connectivity index (χ2v) is 7.25. The number of aromatic nitrogens is 4. The zero-order valence-electron chi connectivity index (χ0n) is 18.7.